The van der Waals surface area contributed by atoms with Crippen LogP contribution >= 0.6 is 11.8 Å². The molecule has 3 rings (SSSR count). The Labute approximate surface area is 153 Å². The number of thioether (sulfide) groups is 1. The number of hydrogen-bond donors (Lipinski definition) is 0. The number of rotatable bonds is 3. The minimum atomic E-state index is -4.37. The van der Waals surface area contributed by atoms with E-state index < -0.39 is 11.7 Å². The van der Waals surface area contributed by atoms with Crippen LogP contribution in [0.3, 0.4) is 0 Å². The number of nitrogens with zero attached hydrogens (tertiary/aromatic N) is 3. The maximum absolute atomic E-state index is 12.6. The van der Waals surface area contributed by atoms with Crippen molar-refractivity contribution < 1.29 is 22.8 Å². The first-order chi connectivity index (χ1) is 12.2. The number of carbonyl (C=O) groups excluding carboxylic acids is 2. The lowest BCUT2D eigenvalue weighted by atomic mass is 10.1. The van der Waals surface area contributed by atoms with Crippen LogP contribution in [0.2, 0.25) is 0 Å². The first-order valence-corrected chi connectivity index (χ1v) is 9.02. The van der Waals surface area contributed by atoms with Crippen LogP contribution in [0.25, 0.3) is 0 Å². The molecular weight excluding hydrogens is 367 g/mol. The molecule has 0 aromatic heterocycles. The summed E-state index contributed by atoms with van der Waals surface area (Å²) in [6.45, 7) is 4.49. The highest BCUT2D eigenvalue weighted by Crippen LogP contribution is 2.32. The summed E-state index contributed by atoms with van der Waals surface area (Å²) in [4.78, 5) is 31.7. The summed E-state index contributed by atoms with van der Waals surface area (Å²) < 4.78 is 37.9. The predicted molar refractivity (Wildman–Crippen MR) is 92.9 cm³/mol. The minimum Gasteiger partial charge on any atom is -0.318 e. The van der Waals surface area contributed by atoms with E-state index in [1.54, 1.807) is 4.90 Å². The third-order valence-corrected chi connectivity index (χ3v) is 5.88. The Bertz CT molecular complexity index is 749. The monoisotopic (exact) mass is 385 g/mol. The summed E-state index contributed by atoms with van der Waals surface area (Å²) in [6, 6.07) is 4.38. The van der Waals surface area contributed by atoms with Gasteiger partial charge in [0, 0.05) is 19.6 Å². The summed E-state index contributed by atoms with van der Waals surface area (Å²) >= 11 is 1.29. The molecule has 5 nitrogen and oxygen atoms in total. The van der Waals surface area contributed by atoms with Crippen LogP contribution in [0, 0.1) is 0 Å². The van der Waals surface area contributed by atoms with E-state index in [0.29, 0.717) is 23.8 Å². The molecule has 1 aromatic carbocycles. The van der Waals surface area contributed by atoms with Crippen LogP contribution in [0.4, 0.5) is 18.0 Å². The third-order valence-electron chi connectivity index (χ3n) is 4.37. The number of amides is 2. The van der Waals surface area contributed by atoms with E-state index in [2.05, 4.69) is 4.99 Å². The van der Waals surface area contributed by atoms with Crippen molar-refractivity contribution in [1.29, 1.82) is 0 Å². The molecule has 0 aliphatic carbocycles. The summed E-state index contributed by atoms with van der Waals surface area (Å²) in [7, 11) is 0. The number of ketones is 1. The Morgan fingerprint density at radius 3 is 2.46 bits per heavy atom. The van der Waals surface area contributed by atoms with Crippen LogP contribution in [-0.2, 0) is 17.5 Å². The molecule has 0 N–H and O–H groups in total. The first kappa shape index (κ1) is 18.8. The van der Waals surface area contributed by atoms with Gasteiger partial charge in [-0.05, 0) is 31.5 Å². The molecule has 0 bridgehead atoms. The molecule has 1 aromatic rings. The Balaban J connectivity index is 1.65. The number of carbonyl (C=O) groups is 2. The second kappa shape index (κ2) is 6.94. The van der Waals surface area contributed by atoms with Gasteiger partial charge in [-0.3, -0.25) is 14.7 Å². The van der Waals surface area contributed by atoms with Gasteiger partial charge in [0.05, 0.1) is 16.9 Å². The number of hydrogen-bond acceptors (Lipinski definition) is 4. The summed E-state index contributed by atoms with van der Waals surface area (Å²) in [5.74, 6) is 0.0227. The van der Waals surface area contributed by atoms with Crippen molar-refractivity contribution in [2.75, 3.05) is 13.1 Å². The molecule has 2 aliphatic heterocycles. The van der Waals surface area contributed by atoms with Crippen molar-refractivity contribution >= 4 is 28.7 Å². The molecule has 26 heavy (non-hydrogen) atoms. The lowest BCUT2D eigenvalue weighted by Gasteiger charge is -2.18. The fourth-order valence-electron chi connectivity index (χ4n) is 2.97. The summed E-state index contributed by atoms with van der Waals surface area (Å²) in [5.41, 5.74) is -0.0826. The second-order valence-corrected chi connectivity index (χ2v) is 7.46. The quantitative estimate of drug-likeness (QED) is 0.802. The number of urea groups is 1. The van der Waals surface area contributed by atoms with Crippen molar-refractivity contribution in [1.82, 2.24) is 9.80 Å². The van der Waals surface area contributed by atoms with Crippen LogP contribution in [0.15, 0.2) is 29.3 Å². The average Bonchev–Trinajstić information content (AvgIpc) is 3.11. The van der Waals surface area contributed by atoms with E-state index in [0.717, 1.165) is 12.1 Å². The highest BCUT2D eigenvalue weighted by molar-refractivity contribution is 8.15. The maximum Gasteiger partial charge on any atom is 0.416 e. The maximum atomic E-state index is 12.6. The van der Waals surface area contributed by atoms with Crippen LogP contribution in [-0.4, -0.2) is 51.2 Å². The van der Waals surface area contributed by atoms with Gasteiger partial charge in [0.25, 0.3) is 0 Å². The van der Waals surface area contributed by atoms with Gasteiger partial charge in [-0.25, -0.2) is 4.79 Å². The Hall–Kier alpha value is -2.03. The smallest absolute Gasteiger partial charge is 0.318 e. The van der Waals surface area contributed by atoms with E-state index in [4.69, 9.17) is 0 Å². The third kappa shape index (κ3) is 3.72. The highest BCUT2D eigenvalue weighted by Gasteiger charge is 2.39. The lowest BCUT2D eigenvalue weighted by molar-refractivity contribution is -0.137. The van der Waals surface area contributed by atoms with Gasteiger partial charge in [0.2, 0.25) is 0 Å². The van der Waals surface area contributed by atoms with Crippen LogP contribution in [0.1, 0.15) is 25.0 Å². The van der Waals surface area contributed by atoms with Gasteiger partial charge in [0.15, 0.2) is 5.17 Å². The minimum absolute atomic E-state index is 0.0227. The van der Waals surface area contributed by atoms with Crippen LogP contribution in [0.5, 0.6) is 0 Å². The predicted octanol–water partition coefficient (Wildman–Crippen LogP) is 3.39. The fourth-order valence-corrected chi connectivity index (χ4v) is 4.14. The van der Waals surface area contributed by atoms with Crippen molar-refractivity contribution in [3.63, 3.8) is 0 Å². The molecule has 2 atom stereocenters. The van der Waals surface area contributed by atoms with Gasteiger partial charge >= 0.3 is 12.2 Å². The molecule has 0 radical (unpaired) electrons. The molecule has 1 saturated heterocycles. The topological polar surface area (TPSA) is 53.0 Å². The van der Waals surface area contributed by atoms with E-state index >= 15 is 0 Å². The highest BCUT2D eigenvalue weighted by atomic mass is 32.2. The molecule has 2 heterocycles. The molecule has 0 spiro atoms. The number of alkyl halides is 3. The SMILES string of the molecule is CC(=O)C1SC(N2CCN(Cc3ccc(C(F)(F)F)cc3)C2=O)=NC1C. The largest absolute Gasteiger partial charge is 0.416 e. The molecular formula is C17H18F3N3O2S. The first-order valence-electron chi connectivity index (χ1n) is 8.14. The second-order valence-electron chi connectivity index (χ2n) is 6.35. The molecule has 140 valence electrons. The normalized spacial score (nSPS) is 23.6. The Morgan fingerprint density at radius 2 is 1.92 bits per heavy atom. The fraction of sp³-hybridized carbons (Fsp3) is 0.471. The lowest BCUT2D eigenvalue weighted by Crippen LogP contribution is -2.34. The molecule has 0 saturated carbocycles. The molecule has 2 aliphatic rings. The summed E-state index contributed by atoms with van der Waals surface area (Å²) in [6.07, 6.45) is -4.37. The van der Waals surface area contributed by atoms with Crippen molar-refractivity contribution in [2.45, 2.75) is 37.9 Å². The van der Waals surface area contributed by atoms with E-state index in [9.17, 15) is 22.8 Å². The Kier molecular flexibility index (Phi) is 5.01. The van der Waals surface area contributed by atoms with Gasteiger partial charge in [-0.2, -0.15) is 13.2 Å². The van der Waals surface area contributed by atoms with E-state index in [1.165, 1.54) is 35.7 Å². The standard InChI is InChI=1S/C17H18F3N3O2S/c1-10-14(11(2)24)26-15(21-10)23-8-7-22(16(23)25)9-12-3-5-13(6-4-12)17(18,19)20/h3-6,10,14H,7-9H2,1-2H3. The zero-order valence-corrected chi connectivity index (χ0v) is 15.1. The summed E-state index contributed by atoms with van der Waals surface area (Å²) in [5, 5.41) is 0.263. The molecule has 1 fully saturated rings. The molecule has 2 amide bonds. The average molecular weight is 385 g/mol. The zero-order valence-electron chi connectivity index (χ0n) is 14.3. The van der Waals surface area contributed by atoms with Crippen molar-refractivity contribution in [3.8, 4) is 0 Å². The number of Topliss-reactive ketones (excluding diaryl/α,β-unsaturated/α-hetero) is 1. The number of benzene rings is 1. The number of amidine groups is 1. The van der Waals surface area contributed by atoms with Crippen molar-refractivity contribution in [3.05, 3.63) is 35.4 Å². The molecule has 2 unspecified atom stereocenters. The van der Waals surface area contributed by atoms with E-state index in [-0.39, 0.29) is 29.7 Å². The van der Waals surface area contributed by atoms with Gasteiger partial charge in [-0.1, -0.05) is 23.9 Å². The number of halogens is 3. The van der Waals surface area contributed by atoms with Gasteiger partial charge in [-0.15, -0.1) is 0 Å². The molecule has 9 heteroatoms. The van der Waals surface area contributed by atoms with Gasteiger partial charge < -0.3 is 4.90 Å². The number of aliphatic imine (C=N–C) groups is 1. The zero-order chi connectivity index (χ0) is 19.1. The Morgan fingerprint density at radius 1 is 1.27 bits per heavy atom. The van der Waals surface area contributed by atoms with Crippen LogP contribution < -0.4 is 0 Å². The van der Waals surface area contributed by atoms with E-state index in [1.807, 2.05) is 6.92 Å². The van der Waals surface area contributed by atoms with Gasteiger partial charge in [0.1, 0.15) is 5.78 Å². The van der Waals surface area contributed by atoms with Crippen molar-refractivity contribution in [2.24, 2.45) is 4.99 Å².